The zero-order valence-corrected chi connectivity index (χ0v) is 6.67. The van der Waals surface area contributed by atoms with Crippen molar-refractivity contribution in [2.24, 2.45) is 11.7 Å². The Morgan fingerprint density at radius 3 is 1.92 bits per heavy atom. The molecule has 5 heteroatoms. The summed E-state index contributed by atoms with van der Waals surface area (Å²) in [5.74, 6) is -0.417. The van der Waals surface area contributed by atoms with Gasteiger partial charge < -0.3 is 26.2 Å². The maximum atomic E-state index is 9.33. The summed E-state index contributed by atoms with van der Waals surface area (Å²) >= 11 is 0. The fourth-order valence-electron chi connectivity index (χ4n) is 1.68. The number of nitrogens with two attached hydrogens (primary N) is 1. The van der Waals surface area contributed by atoms with E-state index in [2.05, 4.69) is 0 Å². The van der Waals surface area contributed by atoms with Gasteiger partial charge in [-0.3, -0.25) is 0 Å². The van der Waals surface area contributed by atoms with Crippen LogP contribution >= 0.6 is 0 Å². The van der Waals surface area contributed by atoms with Crippen molar-refractivity contribution in [2.45, 2.75) is 30.8 Å². The summed E-state index contributed by atoms with van der Waals surface area (Å²) in [5.41, 5.74) is 5.51. The number of aliphatic hydroxyl groups excluding tert-OH is 4. The van der Waals surface area contributed by atoms with Gasteiger partial charge in [0, 0.05) is 18.6 Å². The summed E-state index contributed by atoms with van der Waals surface area (Å²) in [7, 11) is 0. The van der Waals surface area contributed by atoms with Crippen molar-refractivity contribution in [1.29, 1.82) is 0 Å². The topological polar surface area (TPSA) is 107 Å². The second-order valence-electron chi connectivity index (χ2n) is 3.23. The van der Waals surface area contributed by atoms with Gasteiger partial charge in [0.2, 0.25) is 0 Å². The van der Waals surface area contributed by atoms with Crippen LogP contribution in [0.3, 0.4) is 0 Å². The molecule has 5 nitrogen and oxygen atoms in total. The first-order valence-electron chi connectivity index (χ1n) is 4.00. The van der Waals surface area contributed by atoms with Crippen LogP contribution in [0.1, 0.15) is 6.42 Å². The lowest BCUT2D eigenvalue weighted by Gasteiger charge is -2.17. The molecule has 0 heterocycles. The predicted molar refractivity (Wildman–Crippen MR) is 41.2 cm³/mol. The average Bonchev–Trinajstić information content (AvgIpc) is 2.23. The molecule has 1 fully saturated rings. The highest BCUT2D eigenvalue weighted by atomic mass is 16.4. The quantitative estimate of drug-likeness (QED) is 0.318. The minimum Gasteiger partial charge on any atom is -0.396 e. The van der Waals surface area contributed by atoms with E-state index in [1.54, 1.807) is 0 Å². The number of rotatable bonds is 2. The fourth-order valence-corrected chi connectivity index (χ4v) is 1.68. The Balaban J connectivity index is 2.62. The third-order valence-corrected chi connectivity index (χ3v) is 2.49. The Morgan fingerprint density at radius 2 is 1.58 bits per heavy atom. The first-order chi connectivity index (χ1) is 5.59. The third-order valence-electron chi connectivity index (χ3n) is 2.49. The van der Waals surface area contributed by atoms with Crippen molar-refractivity contribution in [3.8, 4) is 0 Å². The van der Waals surface area contributed by atoms with E-state index in [0.29, 0.717) is 6.42 Å². The second-order valence-corrected chi connectivity index (χ2v) is 3.23. The maximum Gasteiger partial charge on any atom is 0.108 e. The summed E-state index contributed by atoms with van der Waals surface area (Å²) in [6.07, 6.45) is -2.99. The zero-order valence-electron chi connectivity index (χ0n) is 6.67. The molecule has 1 saturated carbocycles. The van der Waals surface area contributed by atoms with Crippen molar-refractivity contribution < 1.29 is 20.4 Å². The van der Waals surface area contributed by atoms with Gasteiger partial charge >= 0.3 is 0 Å². The van der Waals surface area contributed by atoms with Crippen LogP contribution in [0.25, 0.3) is 0 Å². The van der Waals surface area contributed by atoms with E-state index in [1.165, 1.54) is 0 Å². The lowest BCUT2D eigenvalue weighted by Crippen LogP contribution is -2.38. The van der Waals surface area contributed by atoms with Crippen LogP contribution in [0.2, 0.25) is 0 Å². The summed E-state index contributed by atoms with van der Waals surface area (Å²) in [4.78, 5) is 0. The number of hydrogen-bond donors (Lipinski definition) is 5. The first kappa shape index (κ1) is 9.88. The van der Waals surface area contributed by atoms with Crippen molar-refractivity contribution in [3.63, 3.8) is 0 Å². The van der Waals surface area contributed by atoms with Crippen molar-refractivity contribution >= 4 is 0 Å². The highest BCUT2D eigenvalue weighted by Gasteiger charge is 2.46. The molecule has 0 aromatic carbocycles. The molecule has 0 amide bonds. The highest BCUT2D eigenvalue weighted by molar-refractivity contribution is 5.00. The van der Waals surface area contributed by atoms with Gasteiger partial charge in [-0.05, 0) is 6.42 Å². The van der Waals surface area contributed by atoms with Crippen LogP contribution in [0.4, 0.5) is 0 Å². The van der Waals surface area contributed by atoms with Gasteiger partial charge in [0.05, 0.1) is 12.2 Å². The van der Waals surface area contributed by atoms with Crippen LogP contribution < -0.4 is 5.73 Å². The molecule has 72 valence electrons. The lowest BCUT2D eigenvalue weighted by atomic mass is 9.98. The Bertz CT molecular complexity index is 140. The summed E-state index contributed by atoms with van der Waals surface area (Å²) in [6.45, 7) is -0.102. The largest absolute Gasteiger partial charge is 0.396 e. The van der Waals surface area contributed by atoms with Crippen molar-refractivity contribution in [1.82, 2.24) is 0 Å². The van der Waals surface area contributed by atoms with Crippen LogP contribution in [0.15, 0.2) is 0 Å². The SMILES string of the molecule is N[C@H]1[C@@H](O)[C@@H](O)[C@H](O)[C@@H]1CCO. The molecule has 0 aromatic heterocycles. The Morgan fingerprint density at radius 1 is 1.00 bits per heavy atom. The Kier molecular flexibility index (Phi) is 3.03. The molecule has 0 spiro atoms. The van der Waals surface area contributed by atoms with E-state index in [4.69, 9.17) is 10.8 Å². The molecule has 0 saturated heterocycles. The minimum absolute atomic E-state index is 0.102. The first-order valence-corrected chi connectivity index (χ1v) is 4.00. The summed E-state index contributed by atoms with van der Waals surface area (Å²) in [5, 5.41) is 36.3. The molecule has 12 heavy (non-hydrogen) atoms. The maximum absolute atomic E-state index is 9.33. The lowest BCUT2D eigenvalue weighted by molar-refractivity contribution is -0.0282. The molecular weight excluding hydrogens is 162 g/mol. The molecule has 6 N–H and O–H groups in total. The second kappa shape index (κ2) is 3.68. The normalized spacial score (nSPS) is 48.2. The predicted octanol–water partition coefficient (Wildman–Crippen LogP) is -2.59. The van der Waals surface area contributed by atoms with E-state index in [-0.39, 0.29) is 6.61 Å². The molecule has 0 aliphatic heterocycles. The van der Waals surface area contributed by atoms with Gasteiger partial charge in [0.1, 0.15) is 6.10 Å². The standard InChI is InChI=1S/C7H15NO4/c8-4-3(1-2-9)5(10)7(12)6(4)11/h3-7,9-12H,1-2,8H2/t3-,4-,5-,6-,7+/m1/s1. The smallest absolute Gasteiger partial charge is 0.108 e. The minimum atomic E-state index is -1.18. The molecular formula is C7H15NO4. The van der Waals surface area contributed by atoms with E-state index < -0.39 is 30.3 Å². The zero-order chi connectivity index (χ0) is 9.30. The van der Waals surface area contributed by atoms with Crippen LogP contribution in [-0.4, -0.2) is 51.4 Å². The molecule has 5 atom stereocenters. The van der Waals surface area contributed by atoms with Crippen molar-refractivity contribution in [2.75, 3.05) is 6.61 Å². The summed E-state index contributed by atoms with van der Waals surface area (Å²) < 4.78 is 0. The fraction of sp³-hybridized carbons (Fsp3) is 1.00. The van der Waals surface area contributed by atoms with E-state index in [9.17, 15) is 15.3 Å². The highest BCUT2D eigenvalue weighted by Crippen LogP contribution is 2.28. The molecule has 1 aliphatic rings. The molecule has 1 rings (SSSR count). The van der Waals surface area contributed by atoms with Crippen LogP contribution in [0.5, 0.6) is 0 Å². The molecule has 0 radical (unpaired) electrons. The molecule has 0 aromatic rings. The van der Waals surface area contributed by atoms with E-state index >= 15 is 0 Å². The molecule has 1 aliphatic carbocycles. The van der Waals surface area contributed by atoms with Gasteiger partial charge in [-0.2, -0.15) is 0 Å². The van der Waals surface area contributed by atoms with E-state index in [1.807, 2.05) is 0 Å². The molecule has 0 unspecified atom stereocenters. The average molecular weight is 177 g/mol. The van der Waals surface area contributed by atoms with Gasteiger partial charge in [-0.25, -0.2) is 0 Å². The number of hydrogen-bond acceptors (Lipinski definition) is 5. The van der Waals surface area contributed by atoms with Crippen molar-refractivity contribution in [3.05, 3.63) is 0 Å². The van der Waals surface area contributed by atoms with Gasteiger partial charge in [-0.15, -0.1) is 0 Å². The Labute approximate surface area is 70.4 Å². The number of aliphatic hydroxyl groups is 4. The van der Waals surface area contributed by atoms with Gasteiger partial charge in [0.25, 0.3) is 0 Å². The molecule has 0 bridgehead atoms. The van der Waals surface area contributed by atoms with Gasteiger partial charge in [0.15, 0.2) is 0 Å². The van der Waals surface area contributed by atoms with E-state index in [0.717, 1.165) is 0 Å². The Hall–Kier alpha value is -0.200. The van der Waals surface area contributed by atoms with Gasteiger partial charge in [-0.1, -0.05) is 0 Å². The third kappa shape index (κ3) is 1.46. The van der Waals surface area contributed by atoms with Crippen LogP contribution in [0, 0.1) is 5.92 Å². The van der Waals surface area contributed by atoms with Crippen LogP contribution in [-0.2, 0) is 0 Å². The monoisotopic (exact) mass is 177 g/mol. The summed E-state index contributed by atoms with van der Waals surface area (Å²) in [6, 6.07) is -0.651.